The molecule has 0 unspecified atom stereocenters. The molecule has 2 aliphatic rings. The van der Waals surface area contributed by atoms with E-state index in [9.17, 15) is 0 Å². The first-order valence-electron chi connectivity index (χ1n) is 19.3. The topological polar surface area (TPSA) is 9.72 Å². The third kappa shape index (κ3) is 5.07. The van der Waals surface area contributed by atoms with E-state index in [0.29, 0.717) is 0 Å². The van der Waals surface area contributed by atoms with Crippen molar-refractivity contribution < 1.29 is 0 Å². The van der Waals surface area contributed by atoms with Crippen LogP contribution in [0.2, 0.25) is 0 Å². The van der Waals surface area contributed by atoms with Crippen molar-refractivity contribution >= 4 is 85.1 Å². The lowest BCUT2D eigenvalue weighted by molar-refractivity contribution is 1.23. The van der Waals surface area contributed by atoms with Gasteiger partial charge in [-0.25, -0.2) is 0 Å². The highest BCUT2D eigenvalue weighted by Crippen LogP contribution is 2.50. The van der Waals surface area contributed by atoms with Gasteiger partial charge in [0.2, 0.25) is 0 Å². The van der Waals surface area contributed by atoms with Crippen LogP contribution in [0, 0.1) is 0 Å². The second-order valence-corrected chi connectivity index (χ2v) is 14.5. The molecule has 9 aromatic carbocycles. The minimum absolute atomic E-state index is 0.0454. The van der Waals surface area contributed by atoms with E-state index >= 15 is 0 Å². The second-order valence-electron chi connectivity index (χ2n) is 14.5. The Bertz CT molecular complexity index is 2770. The fourth-order valence-corrected chi connectivity index (χ4v) is 9.05. The van der Waals surface area contributed by atoms with Gasteiger partial charge in [0.25, 0.3) is 6.71 Å². The third-order valence-corrected chi connectivity index (χ3v) is 11.4. The zero-order chi connectivity index (χ0) is 37.0. The van der Waals surface area contributed by atoms with Gasteiger partial charge < -0.3 is 14.7 Å². The van der Waals surface area contributed by atoms with Crippen LogP contribution in [0.25, 0.3) is 21.9 Å². The Morgan fingerprint density at radius 3 is 1.45 bits per heavy atom. The highest BCUT2D eigenvalue weighted by Gasteiger charge is 2.43. The van der Waals surface area contributed by atoms with Crippen LogP contribution in [-0.4, -0.2) is 6.71 Å². The fraction of sp³-hybridized carbons (Fsp3) is 0. The van der Waals surface area contributed by atoms with Crippen molar-refractivity contribution in [2.45, 2.75) is 0 Å². The van der Waals surface area contributed by atoms with Crippen molar-refractivity contribution in [1.82, 2.24) is 0 Å². The second kappa shape index (κ2) is 13.2. The molecule has 0 spiro atoms. The number of hydrogen-bond acceptors (Lipinski definition) is 3. The minimum Gasteiger partial charge on any atom is -0.311 e. The number of anilines is 9. The molecule has 0 fully saturated rings. The van der Waals surface area contributed by atoms with Crippen molar-refractivity contribution in [3.05, 3.63) is 218 Å². The molecule has 56 heavy (non-hydrogen) atoms. The van der Waals surface area contributed by atoms with E-state index < -0.39 is 0 Å². The lowest BCUT2D eigenvalue weighted by Crippen LogP contribution is -2.61. The Kier molecular flexibility index (Phi) is 7.60. The van der Waals surface area contributed by atoms with Crippen LogP contribution in [-0.2, 0) is 0 Å². The maximum atomic E-state index is 2.49. The first kappa shape index (κ1) is 32.2. The Balaban J connectivity index is 1.29. The van der Waals surface area contributed by atoms with Crippen LogP contribution in [0.4, 0.5) is 51.2 Å². The Morgan fingerprint density at radius 1 is 0.375 bits per heavy atom. The number of para-hydroxylation sites is 5. The molecule has 2 aliphatic heterocycles. The monoisotopic (exact) mass is 713 g/mol. The Hall–Kier alpha value is -7.30. The molecule has 2 heterocycles. The number of hydrogen-bond donors (Lipinski definition) is 0. The third-order valence-electron chi connectivity index (χ3n) is 11.4. The molecule has 4 heteroatoms. The molecule has 0 atom stereocenters. The molecule has 0 aromatic heterocycles. The first-order chi connectivity index (χ1) is 27.8. The molecule has 0 aliphatic carbocycles. The van der Waals surface area contributed by atoms with E-state index in [-0.39, 0.29) is 6.71 Å². The average molecular weight is 714 g/mol. The predicted octanol–water partition coefficient (Wildman–Crippen LogP) is 12.1. The van der Waals surface area contributed by atoms with Gasteiger partial charge >= 0.3 is 0 Å². The van der Waals surface area contributed by atoms with Crippen molar-refractivity contribution in [3.63, 3.8) is 0 Å². The Morgan fingerprint density at radius 2 is 0.857 bits per heavy atom. The van der Waals surface area contributed by atoms with E-state index in [1.807, 2.05) is 0 Å². The fourth-order valence-electron chi connectivity index (χ4n) is 9.05. The zero-order valence-electron chi connectivity index (χ0n) is 30.7. The minimum atomic E-state index is 0.0454. The molecular weight excluding hydrogens is 677 g/mol. The van der Waals surface area contributed by atoms with Crippen molar-refractivity contribution in [2.75, 3.05) is 14.7 Å². The van der Waals surface area contributed by atoms with Gasteiger partial charge in [-0.1, -0.05) is 158 Å². The molecule has 0 radical (unpaired) electrons. The molecule has 0 N–H and O–H groups in total. The SMILES string of the molecule is c1ccc(-c2ccc3ccccc3c2N(c2ccccc2)c2cc3c4c(c2)N(c2ccccc2)c2ccccc2B4c2ccccc2N3c2ccccc2)cc1. The van der Waals surface area contributed by atoms with Gasteiger partial charge in [0.15, 0.2) is 0 Å². The summed E-state index contributed by atoms with van der Waals surface area (Å²) in [7, 11) is 0. The smallest absolute Gasteiger partial charge is 0.252 e. The molecule has 9 aromatic rings. The summed E-state index contributed by atoms with van der Waals surface area (Å²) in [6.45, 7) is 0.0454. The van der Waals surface area contributed by atoms with Crippen LogP contribution >= 0.6 is 0 Å². The molecule has 0 saturated heterocycles. The summed E-state index contributed by atoms with van der Waals surface area (Å²) >= 11 is 0. The van der Waals surface area contributed by atoms with Crippen molar-refractivity contribution in [3.8, 4) is 11.1 Å². The molecule has 0 bridgehead atoms. The van der Waals surface area contributed by atoms with Crippen LogP contribution in [0.15, 0.2) is 218 Å². The molecule has 3 nitrogen and oxygen atoms in total. The van der Waals surface area contributed by atoms with Gasteiger partial charge in [-0.3, -0.25) is 0 Å². The molecular formula is C52H36BN3. The maximum absolute atomic E-state index is 2.49. The zero-order valence-corrected chi connectivity index (χ0v) is 30.7. The molecule has 11 rings (SSSR count). The van der Waals surface area contributed by atoms with E-state index in [4.69, 9.17) is 0 Å². The molecule has 262 valence electrons. The van der Waals surface area contributed by atoms with Crippen molar-refractivity contribution in [2.24, 2.45) is 0 Å². The number of nitrogens with zero attached hydrogens (tertiary/aromatic N) is 3. The van der Waals surface area contributed by atoms with Crippen LogP contribution in [0.5, 0.6) is 0 Å². The van der Waals surface area contributed by atoms with Crippen molar-refractivity contribution in [1.29, 1.82) is 0 Å². The summed E-state index contributed by atoms with van der Waals surface area (Å²) < 4.78 is 0. The summed E-state index contributed by atoms with van der Waals surface area (Å²) in [5.74, 6) is 0. The van der Waals surface area contributed by atoms with E-state index in [1.165, 1.54) is 61.0 Å². The van der Waals surface area contributed by atoms with E-state index in [1.54, 1.807) is 0 Å². The summed E-state index contributed by atoms with van der Waals surface area (Å²) in [6.07, 6.45) is 0. The number of benzene rings is 9. The van der Waals surface area contributed by atoms with E-state index in [0.717, 1.165) is 28.4 Å². The van der Waals surface area contributed by atoms with Gasteiger partial charge in [0.05, 0.1) is 11.4 Å². The van der Waals surface area contributed by atoms with Gasteiger partial charge in [0, 0.05) is 50.8 Å². The standard InChI is InChI=1S/C52H36BN3/c1-5-19-37(20-6-1)44-34-33-38-21-13-14-28-43(38)52(44)54(39-22-7-2-8-23-39)42-35-49-51-50(36-42)56(41-26-11-4-12-27-41)48-32-18-16-30-46(48)53(51)45-29-15-17-31-47(45)55(49)40-24-9-3-10-25-40/h1-36H. The summed E-state index contributed by atoms with van der Waals surface area (Å²) in [6, 6.07) is 79.5. The predicted molar refractivity (Wildman–Crippen MR) is 238 cm³/mol. The van der Waals surface area contributed by atoms with Gasteiger partial charge in [-0.15, -0.1) is 0 Å². The highest BCUT2D eigenvalue weighted by atomic mass is 15.2. The summed E-state index contributed by atoms with van der Waals surface area (Å²) in [5.41, 5.74) is 16.6. The Labute approximate surface area is 328 Å². The lowest BCUT2D eigenvalue weighted by Gasteiger charge is -2.45. The van der Waals surface area contributed by atoms with Crippen LogP contribution in [0.3, 0.4) is 0 Å². The highest BCUT2D eigenvalue weighted by molar-refractivity contribution is 7.00. The quantitative estimate of drug-likeness (QED) is 0.159. The largest absolute Gasteiger partial charge is 0.311 e. The first-order valence-corrected chi connectivity index (χ1v) is 19.3. The lowest BCUT2D eigenvalue weighted by atomic mass is 9.33. The van der Waals surface area contributed by atoms with Gasteiger partial charge in [-0.05, 0) is 88.0 Å². The molecule has 0 saturated carbocycles. The van der Waals surface area contributed by atoms with Crippen LogP contribution < -0.4 is 31.1 Å². The number of rotatable bonds is 6. The summed E-state index contributed by atoms with van der Waals surface area (Å²) in [4.78, 5) is 7.45. The average Bonchev–Trinajstić information content (AvgIpc) is 3.27. The summed E-state index contributed by atoms with van der Waals surface area (Å²) in [5, 5.41) is 2.39. The number of fused-ring (bicyclic) bond motifs is 5. The van der Waals surface area contributed by atoms with Gasteiger partial charge in [-0.2, -0.15) is 0 Å². The van der Waals surface area contributed by atoms with Crippen LogP contribution in [0.1, 0.15) is 0 Å². The normalized spacial score (nSPS) is 12.5. The van der Waals surface area contributed by atoms with E-state index in [2.05, 4.69) is 233 Å². The molecule has 0 amide bonds. The van der Waals surface area contributed by atoms with Gasteiger partial charge in [0.1, 0.15) is 0 Å². The maximum Gasteiger partial charge on any atom is 0.252 e.